The molecule has 0 aliphatic heterocycles. The summed E-state index contributed by atoms with van der Waals surface area (Å²) in [6.07, 6.45) is 0.933. The zero-order valence-electron chi connectivity index (χ0n) is 16.5. The second kappa shape index (κ2) is 11.1. The van der Waals surface area contributed by atoms with Crippen LogP contribution in [0.1, 0.15) is 30.8 Å². The molecule has 2 rings (SSSR count). The molecule has 1 aromatic heterocycles. The highest BCUT2D eigenvalue weighted by Crippen LogP contribution is 2.26. The van der Waals surface area contributed by atoms with Crippen molar-refractivity contribution in [1.82, 2.24) is 25.0 Å². The highest BCUT2D eigenvalue weighted by Gasteiger charge is 2.22. The quantitative estimate of drug-likeness (QED) is 0.468. The van der Waals surface area contributed by atoms with Crippen LogP contribution in [-0.2, 0) is 16.1 Å². The Balaban J connectivity index is 2.18. The summed E-state index contributed by atoms with van der Waals surface area (Å²) in [6, 6.07) is 10.4. The van der Waals surface area contributed by atoms with Crippen LogP contribution in [0.3, 0.4) is 0 Å². The average Bonchev–Trinajstić information content (AvgIpc) is 3.04. The van der Waals surface area contributed by atoms with Crippen LogP contribution >= 0.6 is 11.8 Å². The fourth-order valence-electron chi connectivity index (χ4n) is 2.82. The minimum Gasteiger partial charge on any atom is -0.383 e. The molecule has 0 saturated carbocycles. The molecule has 0 aliphatic rings. The van der Waals surface area contributed by atoms with Gasteiger partial charge in [-0.3, -0.25) is 9.69 Å². The Morgan fingerprint density at radius 3 is 2.67 bits per heavy atom. The molecule has 1 aromatic carbocycles. The van der Waals surface area contributed by atoms with Crippen LogP contribution in [-0.4, -0.2) is 65.7 Å². The fourth-order valence-corrected chi connectivity index (χ4v) is 3.59. The first-order valence-electron chi connectivity index (χ1n) is 9.08. The number of carbonyl (C=O) groups excluding carboxylic acids is 1. The minimum absolute atomic E-state index is 0.0347. The number of ether oxygens (including phenoxy) is 1. The van der Waals surface area contributed by atoms with Gasteiger partial charge < -0.3 is 14.6 Å². The molecule has 148 valence electrons. The number of thioether (sulfide) groups is 1. The molecule has 0 fully saturated rings. The Kier molecular flexibility index (Phi) is 8.77. The van der Waals surface area contributed by atoms with Gasteiger partial charge in [0.1, 0.15) is 0 Å². The molecule has 0 radical (unpaired) electrons. The molecular formula is C19H29N5O2S. The van der Waals surface area contributed by atoms with E-state index >= 15 is 0 Å². The normalized spacial score (nSPS) is 12.3. The molecule has 1 heterocycles. The van der Waals surface area contributed by atoms with E-state index in [0.29, 0.717) is 25.4 Å². The summed E-state index contributed by atoms with van der Waals surface area (Å²) in [7, 11) is 5.71. The topological polar surface area (TPSA) is 72.3 Å². The number of aromatic nitrogens is 3. The van der Waals surface area contributed by atoms with Gasteiger partial charge in [-0.05, 0) is 26.1 Å². The van der Waals surface area contributed by atoms with Gasteiger partial charge in [0, 0.05) is 13.7 Å². The SMILES string of the molecule is CC[C@@H](c1nnc(SCC(=O)NCCOC)n1Cc1ccccc1)N(C)C. The van der Waals surface area contributed by atoms with Crippen LogP contribution in [0, 0.1) is 0 Å². The number of hydrogen-bond acceptors (Lipinski definition) is 6. The smallest absolute Gasteiger partial charge is 0.230 e. The molecule has 1 atom stereocenters. The van der Waals surface area contributed by atoms with E-state index in [1.807, 2.05) is 32.3 Å². The zero-order chi connectivity index (χ0) is 19.6. The number of nitrogens with one attached hydrogen (secondary N) is 1. The Labute approximate surface area is 165 Å². The van der Waals surface area contributed by atoms with Gasteiger partial charge in [-0.1, -0.05) is 49.0 Å². The summed E-state index contributed by atoms with van der Waals surface area (Å²) in [5, 5.41) is 12.4. The average molecular weight is 392 g/mol. The van der Waals surface area contributed by atoms with Crippen molar-refractivity contribution >= 4 is 17.7 Å². The van der Waals surface area contributed by atoms with Crippen molar-refractivity contribution in [3.8, 4) is 0 Å². The predicted octanol–water partition coefficient (Wildman–Crippen LogP) is 2.19. The second-order valence-electron chi connectivity index (χ2n) is 6.43. The van der Waals surface area contributed by atoms with E-state index in [1.54, 1.807) is 7.11 Å². The third-order valence-electron chi connectivity index (χ3n) is 4.20. The first-order valence-corrected chi connectivity index (χ1v) is 10.1. The van der Waals surface area contributed by atoms with Gasteiger partial charge in [0.15, 0.2) is 11.0 Å². The molecule has 8 heteroatoms. The second-order valence-corrected chi connectivity index (χ2v) is 7.37. The van der Waals surface area contributed by atoms with Crippen LogP contribution in [0.5, 0.6) is 0 Å². The lowest BCUT2D eigenvalue weighted by Crippen LogP contribution is -2.28. The van der Waals surface area contributed by atoms with Crippen molar-refractivity contribution in [2.75, 3.05) is 40.1 Å². The molecule has 2 aromatic rings. The zero-order valence-corrected chi connectivity index (χ0v) is 17.3. The highest BCUT2D eigenvalue weighted by atomic mass is 32.2. The maximum atomic E-state index is 12.0. The van der Waals surface area contributed by atoms with Gasteiger partial charge in [-0.25, -0.2) is 0 Å². The maximum Gasteiger partial charge on any atom is 0.230 e. The summed E-state index contributed by atoms with van der Waals surface area (Å²) < 4.78 is 7.07. The largest absolute Gasteiger partial charge is 0.383 e. The van der Waals surface area contributed by atoms with Gasteiger partial charge in [-0.15, -0.1) is 10.2 Å². The summed E-state index contributed by atoms with van der Waals surface area (Å²) in [5.41, 5.74) is 1.18. The summed E-state index contributed by atoms with van der Waals surface area (Å²) in [6.45, 7) is 3.84. The van der Waals surface area contributed by atoms with Crippen molar-refractivity contribution in [2.24, 2.45) is 0 Å². The lowest BCUT2D eigenvalue weighted by molar-refractivity contribution is -0.118. The monoisotopic (exact) mass is 391 g/mol. The van der Waals surface area contributed by atoms with E-state index in [1.165, 1.54) is 17.3 Å². The first kappa shape index (κ1) is 21.4. The lowest BCUT2D eigenvalue weighted by atomic mass is 10.2. The number of hydrogen-bond donors (Lipinski definition) is 1. The molecular weight excluding hydrogens is 362 g/mol. The highest BCUT2D eigenvalue weighted by molar-refractivity contribution is 7.99. The lowest BCUT2D eigenvalue weighted by Gasteiger charge is -2.23. The van der Waals surface area contributed by atoms with Crippen molar-refractivity contribution < 1.29 is 9.53 Å². The Morgan fingerprint density at radius 1 is 1.30 bits per heavy atom. The fraction of sp³-hybridized carbons (Fsp3) is 0.526. The molecule has 0 saturated heterocycles. The van der Waals surface area contributed by atoms with Crippen molar-refractivity contribution in [3.05, 3.63) is 41.7 Å². The molecule has 0 bridgehead atoms. The molecule has 1 amide bonds. The number of carbonyl (C=O) groups is 1. The Hall–Kier alpha value is -1.90. The van der Waals surface area contributed by atoms with E-state index < -0.39 is 0 Å². The number of rotatable bonds is 11. The standard InChI is InChI=1S/C19H29N5O2S/c1-5-16(23(2)3)18-21-22-19(27-14-17(25)20-11-12-26-4)24(18)13-15-9-7-6-8-10-15/h6-10,16H,5,11-14H2,1-4H3,(H,20,25)/t16-/m0/s1. The summed E-state index contributed by atoms with van der Waals surface area (Å²) in [4.78, 5) is 14.2. The molecule has 27 heavy (non-hydrogen) atoms. The van der Waals surface area contributed by atoms with E-state index in [0.717, 1.165) is 17.4 Å². The number of amides is 1. The van der Waals surface area contributed by atoms with Gasteiger partial charge >= 0.3 is 0 Å². The number of benzene rings is 1. The van der Waals surface area contributed by atoms with Crippen molar-refractivity contribution in [1.29, 1.82) is 0 Å². The van der Waals surface area contributed by atoms with E-state index in [-0.39, 0.29) is 11.9 Å². The molecule has 1 N–H and O–H groups in total. The van der Waals surface area contributed by atoms with Gasteiger partial charge in [-0.2, -0.15) is 0 Å². The Bertz CT molecular complexity index is 705. The van der Waals surface area contributed by atoms with Gasteiger partial charge in [0.2, 0.25) is 5.91 Å². The molecule has 7 nitrogen and oxygen atoms in total. The molecule has 0 unspecified atom stereocenters. The Morgan fingerprint density at radius 2 is 2.04 bits per heavy atom. The van der Waals surface area contributed by atoms with Crippen LogP contribution in [0.2, 0.25) is 0 Å². The third-order valence-corrected chi connectivity index (χ3v) is 5.16. The van der Waals surface area contributed by atoms with E-state index in [9.17, 15) is 4.79 Å². The third kappa shape index (κ3) is 6.34. The van der Waals surface area contributed by atoms with E-state index in [4.69, 9.17) is 4.74 Å². The summed E-state index contributed by atoms with van der Waals surface area (Å²) in [5.74, 6) is 1.19. The first-order chi connectivity index (χ1) is 13.1. The number of methoxy groups -OCH3 is 1. The molecule has 0 spiro atoms. The van der Waals surface area contributed by atoms with Gasteiger partial charge in [0.25, 0.3) is 0 Å². The van der Waals surface area contributed by atoms with E-state index in [2.05, 4.69) is 44.0 Å². The van der Waals surface area contributed by atoms with Crippen LogP contribution in [0.25, 0.3) is 0 Å². The summed E-state index contributed by atoms with van der Waals surface area (Å²) >= 11 is 1.41. The van der Waals surface area contributed by atoms with Gasteiger partial charge in [0.05, 0.1) is 24.9 Å². The molecule has 0 aliphatic carbocycles. The number of nitrogens with zero attached hydrogens (tertiary/aromatic N) is 4. The maximum absolute atomic E-state index is 12.0. The van der Waals surface area contributed by atoms with Crippen LogP contribution in [0.4, 0.5) is 0 Å². The minimum atomic E-state index is -0.0347. The van der Waals surface area contributed by atoms with Crippen LogP contribution in [0.15, 0.2) is 35.5 Å². The van der Waals surface area contributed by atoms with Crippen molar-refractivity contribution in [3.63, 3.8) is 0 Å². The van der Waals surface area contributed by atoms with Crippen LogP contribution < -0.4 is 5.32 Å². The van der Waals surface area contributed by atoms with Crippen molar-refractivity contribution in [2.45, 2.75) is 31.1 Å². The predicted molar refractivity (Wildman–Crippen MR) is 108 cm³/mol.